The molecule has 5 aromatic rings. The molecule has 0 amide bonds. The van der Waals surface area contributed by atoms with Crippen LogP contribution in [0.3, 0.4) is 0 Å². The highest BCUT2D eigenvalue weighted by molar-refractivity contribution is 7.17. The number of aryl methyl sites for hydroxylation is 3. The van der Waals surface area contributed by atoms with E-state index in [0.29, 0.717) is 12.2 Å². The van der Waals surface area contributed by atoms with Crippen molar-refractivity contribution in [3.05, 3.63) is 88.4 Å². The Kier molecular flexibility index (Phi) is 5.48. The lowest BCUT2D eigenvalue weighted by Crippen LogP contribution is -2.04. The standard InChI is InChI=1S/C26H23N5OS/c1-16-6-4-8-19(12-16)22(32)15-18-7-5-9-20(14-18)25-27-21-10-11-33-24(21)26(29-25)28-23-13-17(2)30-31(23)3/h4-14H,15H2,1-3H3,(H,27,28,29). The fraction of sp³-hybridized carbons (Fsp3) is 0.154. The van der Waals surface area contributed by atoms with E-state index in [1.807, 2.05) is 86.9 Å². The average Bonchev–Trinajstić information content (AvgIpc) is 3.39. The zero-order chi connectivity index (χ0) is 22.9. The van der Waals surface area contributed by atoms with Crippen molar-refractivity contribution in [1.29, 1.82) is 0 Å². The molecular formula is C26H23N5OS. The van der Waals surface area contributed by atoms with Crippen molar-refractivity contribution >= 4 is 39.0 Å². The summed E-state index contributed by atoms with van der Waals surface area (Å²) in [6.45, 7) is 3.95. The maximum Gasteiger partial charge on any atom is 0.167 e. The summed E-state index contributed by atoms with van der Waals surface area (Å²) in [7, 11) is 1.90. The van der Waals surface area contributed by atoms with Crippen molar-refractivity contribution in [2.24, 2.45) is 7.05 Å². The van der Waals surface area contributed by atoms with Crippen LogP contribution in [0.4, 0.5) is 11.6 Å². The Hall–Kier alpha value is -3.84. The number of hydrogen-bond acceptors (Lipinski definition) is 6. The predicted molar refractivity (Wildman–Crippen MR) is 133 cm³/mol. The van der Waals surface area contributed by atoms with Crippen molar-refractivity contribution in [2.45, 2.75) is 20.3 Å². The Morgan fingerprint density at radius 2 is 1.88 bits per heavy atom. The molecular weight excluding hydrogens is 430 g/mol. The largest absolute Gasteiger partial charge is 0.324 e. The molecule has 0 atom stereocenters. The van der Waals surface area contributed by atoms with E-state index in [4.69, 9.17) is 9.97 Å². The lowest BCUT2D eigenvalue weighted by atomic mass is 10.00. The van der Waals surface area contributed by atoms with Gasteiger partial charge in [-0.1, -0.05) is 42.0 Å². The zero-order valence-corrected chi connectivity index (χ0v) is 19.5. The average molecular weight is 454 g/mol. The van der Waals surface area contributed by atoms with Crippen molar-refractivity contribution < 1.29 is 4.79 Å². The smallest absolute Gasteiger partial charge is 0.167 e. The molecule has 0 saturated heterocycles. The summed E-state index contributed by atoms with van der Waals surface area (Å²) < 4.78 is 2.79. The summed E-state index contributed by atoms with van der Waals surface area (Å²) in [6, 6.07) is 19.6. The monoisotopic (exact) mass is 453 g/mol. The van der Waals surface area contributed by atoms with E-state index in [-0.39, 0.29) is 5.78 Å². The first kappa shape index (κ1) is 21.0. The number of rotatable bonds is 6. The lowest BCUT2D eigenvalue weighted by molar-refractivity contribution is 0.0993. The Bertz CT molecular complexity index is 1480. The first-order valence-electron chi connectivity index (χ1n) is 10.7. The molecule has 5 rings (SSSR count). The number of thiophene rings is 1. The summed E-state index contributed by atoms with van der Waals surface area (Å²) in [6.07, 6.45) is 0.331. The van der Waals surface area contributed by atoms with Gasteiger partial charge < -0.3 is 5.32 Å². The molecule has 164 valence electrons. The van der Waals surface area contributed by atoms with Gasteiger partial charge in [-0.25, -0.2) is 9.97 Å². The second-order valence-corrected chi connectivity index (χ2v) is 9.04. The summed E-state index contributed by atoms with van der Waals surface area (Å²) >= 11 is 1.60. The molecule has 1 N–H and O–H groups in total. The Labute approximate surface area is 196 Å². The maximum absolute atomic E-state index is 12.8. The van der Waals surface area contributed by atoms with Gasteiger partial charge in [-0.3, -0.25) is 9.48 Å². The highest BCUT2D eigenvalue weighted by Gasteiger charge is 2.14. The van der Waals surface area contributed by atoms with E-state index in [2.05, 4.69) is 10.4 Å². The Balaban J connectivity index is 1.48. The highest BCUT2D eigenvalue weighted by atomic mass is 32.1. The molecule has 2 aromatic carbocycles. The number of aromatic nitrogens is 4. The maximum atomic E-state index is 12.8. The second-order valence-electron chi connectivity index (χ2n) is 8.12. The van der Waals surface area contributed by atoms with Crippen LogP contribution < -0.4 is 5.32 Å². The molecule has 0 unspecified atom stereocenters. The molecule has 0 bridgehead atoms. The molecule has 33 heavy (non-hydrogen) atoms. The van der Waals surface area contributed by atoms with Gasteiger partial charge in [0.15, 0.2) is 17.4 Å². The van der Waals surface area contributed by atoms with Gasteiger partial charge in [0, 0.05) is 30.7 Å². The number of anilines is 2. The number of nitrogens with zero attached hydrogens (tertiary/aromatic N) is 4. The normalized spacial score (nSPS) is 11.1. The van der Waals surface area contributed by atoms with Crippen LogP contribution in [0.1, 0.15) is 27.2 Å². The topological polar surface area (TPSA) is 72.7 Å². The lowest BCUT2D eigenvalue weighted by Gasteiger charge is -2.10. The third-order valence-corrected chi connectivity index (χ3v) is 6.35. The van der Waals surface area contributed by atoms with Crippen molar-refractivity contribution in [3.8, 4) is 11.4 Å². The molecule has 6 nitrogen and oxygen atoms in total. The fourth-order valence-corrected chi connectivity index (χ4v) is 4.63. The molecule has 0 saturated carbocycles. The Morgan fingerprint density at radius 3 is 2.67 bits per heavy atom. The highest BCUT2D eigenvalue weighted by Crippen LogP contribution is 2.31. The number of carbonyl (C=O) groups excluding carboxylic acids is 1. The molecule has 0 aliphatic carbocycles. The molecule has 0 radical (unpaired) electrons. The first-order valence-corrected chi connectivity index (χ1v) is 11.6. The minimum absolute atomic E-state index is 0.0963. The van der Waals surface area contributed by atoms with E-state index in [1.54, 1.807) is 16.0 Å². The minimum atomic E-state index is 0.0963. The number of carbonyl (C=O) groups is 1. The van der Waals surface area contributed by atoms with E-state index in [0.717, 1.165) is 49.8 Å². The quantitative estimate of drug-likeness (QED) is 0.325. The van der Waals surface area contributed by atoms with Gasteiger partial charge in [-0.05, 0) is 43.0 Å². The van der Waals surface area contributed by atoms with Crippen LogP contribution in [0.2, 0.25) is 0 Å². The predicted octanol–water partition coefficient (Wildman–Crippen LogP) is 5.88. The van der Waals surface area contributed by atoms with Crippen LogP contribution in [0.15, 0.2) is 66.0 Å². The van der Waals surface area contributed by atoms with E-state index in [1.165, 1.54) is 0 Å². The summed E-state index contributed by atoms with van der Waals surface area (Å²) in [4.78, 5) is 22.4. The zero-order valence-electron chi connectivity index (χ0n) is 18.7. The summed E-state index contributed by atoms with van der Waals surface area (Å²) in [5.41, 5.74) is 5.44. The molecule has 0 spiro atoms. The fourth-order valence-electron chi connectivity index (χ4n) is 3.85. The number of ketones is 1. The third kappa shape index (κ3) is 4.40. The number of Topliss-reactive ketones (excluding diaryl/α,β-unsaturated/α-hetero) is 1. The van der Waals surface area contributed by atoms with Crippen molar-refractivity contribution in [3.63, 3.8) is 0 Å². The van der Waals surface area contributed by atoms with E-state index in [9.17, 15) is 4.79 Å². The van der Waals surface area contributed by atoms with Crippen LogP contribution in [-0.4, -0.2) is 25.5 Å². The third-order valence-electron chi connectivity index (χ3n) is 5.44. The van der Waals surface area contributed by atoms with Gasteiger partial charge in [0.1, 0.15) is 5.82 Å². The van der Waals surface area contributed by atoms with Gasteiger partial charge in [-0.15, -0.1) is 11.3 Å². The molecule has 3 aromatic heterocycles. The summed E-state index contributed by atoms with van der Waals surface area (Å²) in [5, 5.41) is 9.83. The molecule has 0 aliphatic heterocycles. The van der Waals surface area contributed by atoms with Crippen molar-refractivity contribution in [2.75, 3.05) is 5.32 Å². The van der Waals surface area contributed by atoms with Gasteiger partial charge in [0.05, 0.1) is 15.9 Å². The van der Waals surface area contributed by atoms with Crippen LogP contribution in [0.25, 0.3) is 21.6 Å². The van der Waals surface area contributed by atoms with Gasteiger partial charge in [0.25, 0.3) is 0 Å². The first-order chi connectivity index (χ1) is 16.0. The van der Waals surface area contributed by atoms with Gasteiger partial charge in [0.2, 0.25) is 0 Å². The van der Waals surface area contributed by atoms with Gasteiger partial charge >= 0.3 is 0 Å². The number of nitrogens with one attached hydrogen (secondary N) is 1. The molecule has 3 heterocycles. The Morgan fingerprint density at radius 1 is 1.03 bits per heavy atom. The van der Waals surface area contributed by atoms with Crippen molar-refractivity contribution in [1.82, 2.24) is 19.7 Å². The number of benzene rings is 2. The molecule has 7 heteroatoms. The second kappa shape index (κ2) is 8.60. The van der Waals surface area contributed by atoms with Gasteiger partial charge in [-0.2, -0.15) is 5.10 Å². The SMILES string of the molecule is Cc1cccc(C(=O)Cc2cccc(-c3nc(Nc4cc(C)nn4C)c4sccc4n3)c2)c1. The minimum Gasteiger partial charge on any atom is -0.324 e. The summed E-state index contributed by atoms with van der Waals surface area (Å²) in [5.74, 6) is 2.32. The number of hydrogen-bond donors (Lipinski definition) is 1. The van der Waals surface area contributed by atoms with Crippen LogP contribution in [0.5, 0.6) is 0 Å². The number of fused-ring (bicyclic) bond motifs is 1. The molecule has 0 aliphatic rings. The van der Waals surface area contributed by atoms with Crippen LogP contribution in [-0.2, 0) is 13.5 Å². The van der Waals surface area contributed by atoms with Crippen LogP contribution >= 0.6 is 11.3 Å². The van der Waals surface area contributed by atoms with Crippen LogP contribution in [0, 0.1) is 13.8 Å². The van der Waals surface area contributed by atoms with E-state index < -0.39 is 0 Å². The van der Waals surface area contributed by atoms with E-state index >= 15 is 0 Å². The molecule has 0 fully saturated rings.